The van der Waals surface area contributed by atoms with E-state index < -0.39 is 11.1 Å². The SMILES string of the molecule is COc1cc(OC)c(N)c(S(=O)[O-])c1. The Bertz CT molecular complexity index is 367. The topological polar surface area (TPSA) is 84.6 Å². The predicted octanol–water partition coefficient (Wildman–Crippen LogP) is 0.524. The molecule has 0 amide bonds. The molecule has 1 atom stereocenters. The summed E-state index contributed by atoms with van der Waals surface area (Å²) in [5.74, 6) is 0.666. The Kier molecular flexibility index (Phi) is 3.32. The first-order valence-corrected chi connectivity index (χ1v) is 4.78. The van der Waals surface area contributed by atoms with Crippen molar-refractivity contribution in [2.45, 2.75) is 4.90 Å². The van der Waals surface area contributed by atoms with Crippen LogP contribution in [0.4, 0.5) is 5.69 Å². The summed E-state index contributed by atoms with van der Waals surface area (Å²) in [5.41, 5.74) is 5.63. The minimum absolute atomic E-state index is 0.0267. The van der Waals surface area contributed by atoms with Crippen LogP contribution in [-0.2, 0) is 11.1 Å². The van der Waals surface area contributed by atoms with Gasteiger partial charge in [-0.2, -0.15) is 0 Å². The Morgan fingerprint density at radius 1 is 1.36 bits per heavy atom. The standard InChI is InChI=1S/C8H11NO4S/c1-12-5-3-6(13-2)8(9)7(4-5)14(10)11/h3-4H,9H2,1-2H3,(H,10,11)/p-1. The lowest BCUT2D eigenvalue weighted by atomic mass is 10.3. The number of anilines is 1. The molecule has 0 aliphatic rings. The van der Waals surface area contributed by atoms with Crippen LogP contribution >= 0.6 is 0 Å². The van der Waals surface area contributed by atoms with Crippen molar-refractivity contribution in [2.24, 2.45) is 0 Å². The van der Waals surface area contributed by atoms with Gasteiger partial charge < -0.3 is 19.8 Å². The Balaban J connectivity index is 3.34. The summed E-state index contributed by atoms with van der Waals surface area (Å²) in [6.07, 6.45) is 0. The molecule has 0 aliphatic carbocycles. The summed E-state index contributed by atoms with van der Waals surface area (Å²) >= 11 is -2.40. The third-order valence-corrected chi connectivity index (χ3v) is 2.41. The molecule has 1 rings (SSSR count). The van der Waals surface area contributed by atoms with Gasteiger partial charge in [0.1, 0.15) is 11.5 Å². The van der Waals surface area contributed by atoms with E-state index in [2.05, 4.69) is 0 Å². The van der Waals surface area contributed by atoms with Crippen LogP contribution in [0, 0.1) is 0 Å². The minimum atomic E-state index is -2.40. The minimum Gasteiger partial charge on any atom is -0.768 e. The van der Waals surface area contributed by atoms with Crippen LogP contribution < -0.4 is 15.2 Å². The Labute approximate surface area is 84.1 Å². The maximum atomic E-state index is 10.8. The van der Waals surface area contributed by atoms with Gasteiger partial charge in [0, 0.05) is 6.07 Å². The predicted molar refractivity (Wildman–Crippen MR) is 51.1 cm³/mol. The molecule has 0 saturated heterocycles. The van der Waals surface area contributed by atoms with Gasteiger partial charge in [0.05, 0.1) is 24.8 Å². The Morgan fingerprint density at radius 2 is 2.00 bits per heavy atom. The monoisotopic (exact) mass is 216 g/mol. The van der Waals surface area contributed by atoms with Gasteiger partial charge in [-0.3, -0.25) is 4.21 Å². The Morgan fingerprint density at radius 3 is 2.43 bits per heavy atom. The summed E-state index contributed by atoms with van der Waals surface area (Å²) in [5, 5.41) is 0. The number of nitrogen functional groups attached to an aromatic ring is 1. The number of nitrogens with two attached hydrogens (primary N) is 1. The van der Waals surface area contributed by atoms with E-state index in [0.717, 1.165) is 0 Å². The zero-order valence-corrected chi connectivity index (χ0v) is 8.59. The highest BCUT2D eigenvalue weighted by molar-refractivity contribution is 7.79. The smallest absolute Gasteiger partial charge is 0.146 e. The normalized spacial score (nSPS) is 12.2. The van der Waals surface area contributed by atoms with Gasteiger partial charge in [-0.1, -0.05) is 0 Å². The van der Waals surface area contributed by atoms with E-state index in [4.69, 9.17) is 15.2 Å². The fourth-order valence-electron chi connectivity index (χ4n) is 1.00. The van der Waals surface area contributed by atoms with E-state index in [1.54, 1.807) is 0 Å². The summed E-state index contributed by atoms with van der Waals surface area (Å²) in [6.45, 7) is 0. The molecule has 1 aromatic carbocycles. The van der Waals surface area contributed by atoms with Gasteiger partial charge in [-0.15, -0.1) is 0 Å². The first-order chi connectivity index (χ1) is 6.60. The highest BCUT2D eigenvalue weighted by atomic mass is 32.2. The second-order valence-corrected chi connectivity index (χ2v) is 3.39. The molecular formula is C8H10NO4S-. The van der Waals surface area contributed by atoms with Gasteiger partial charge in [-0.25, -0.2) is 0 Å². The average Bonchev–Trinajstić information content (AvgIpc) is 2.17. The third-order valence-electron chi connectivity index (χ3n) is 1.71. The Hall–Kier alpha value is -1.27. The van der Waals surface area contributed by atoms with Crippen molar-refractivity contribution in [3.05, 3.63) is 12.1 Å². The van der Waals surface area contributed by atoms with Crippen LogP contribution in [0.5, 0.6) is 11.5 Å². The molecular weight excluding hydrogens is 206 g/mol. The van der Waals surface area contributed by atoms with Gasteiger partial charge in [0.25, 0.3) is 0 Å². The lowest BCUT2D eigenvalue weighted by molar-refractivity contribution is 0.393. The van der Waals surface area contributed by atoms with E-state index in [0.29, 0.717) is 5.75 Å². The number of methoxy groups -OCH3 is 2. The van der Waals surface area contributed by atoms with Crippen molar-refractivity contribution in [3.63, 3.8) is 0 Å². The number of ether oxygens (including phenoxy) is 2. The lowest BCUT2D eigenvalue weighted by Crippen LogP contribution is -2.01. The van der Waals surface area contributed by atoms with Crippen molar-refractivity contribution in [1.29, 1.82) is 0 Å². The second-order valence-electron chi connectivity index (χ2n) is 2.48. The van der Waals surface area contributed by atoms with Crippen molar-refractivity contribution < 1.29 is 18.2 Å². The number of benzene rings is 1. The van der Waals surface area contributed by atoms with Crippen LogP contribution in [0.25, 0.3) is 0 Å². The molecule has 6 heteroatoms. The largest absolute Gasteiger partial charge is 0.768 e. The van der Waals surface area contributed by atoms with E-state index in [1.807, 2.05) is 0 Å². The van der Waals surface area contributed by atoms with Crippen molar-refractivity contribution in [2.75, 3.05) is 20.0 Å². The fourth-order valence-corrected chi connectivity index (χ4v) is 1.49. The van der Waals surface area contributed by atoms with E-state index in [9.17, 15) is 8.76 Å². The summed E-state index contributed by atoms with van der Waals surface area (Å²) in [6, 6.07) is 2.85. The van der Waals surface area contributed by atoms with Crippen LogP contribution in [0.3, 0.4) is 0 Å². The van der Waals surface area contributed by atoms with E-state index in [1.165, 1.54) is 26.4 Å². The molecule has 14 heavy (non-hydrogen) atoms. The number of hydrogen-bond acceptors (Lipinski definition) is 5. The van der Waals surface area contributed by atoms with Gasteiger partial charge in [-0.05, 0) is 17.1 Å². The van der Waals surface area contributed by atoms with Gasteiger partial charge >= 0.3 is 0 Å². The molecule has 0 spiro atoms. The molecule has 1 unspecified atom stereocenters. The second kappa shape index (κ2) is 4.30. The average molecular weight is 216 g/mol. The molecule has 1 aromatic rings. The highest BCUT2D eigenvalue weighted by Gasteiger charge is 2.09. The summed E-state index contributed by atoms with van der Waals surface area (Å²) in [4.78, 5) is -0.0267. The van der Waals surface area contributed by atoms with Crippen LogP contribution in [-0.4, -0.2) is 23.0 Å². The van der Waals surface area contributed by atoms with Gasteiger partial charge in [0.15, 0.2) is 0 Å². The van der Waals surface area contributed by atoms with Crippen molar-refractivity contribution in [3.8, 4) is 11.5 Å². The first-order valence-electron chi connectivity index (χ1n) is 3.71. The summed E-state index contributed by atoms with van der Waals surface area (Å²) in [7, 11) is 2.84. The molecule has 0 bridgehead atoms. The highest BCUT2D eigenvalue weighted by Crippen LogP contribution is 2.32. The number of rotatable bonds is 3. The van der Waals surface area contributed by atoms with Crippen LogP contribution in [0.15, 0.2) is 17.0 Å². The lowest BCUT2D eigenvalue weighted by Gasteiger charge is -2.13. The van der Waals surface area contributed by atoms with Crippen LogP contribution in [0.1, 0.15) is 0 Å². The van der Waals surface area contributed by atoms with Crippen molar-refractivity contribution >= 4 is 16.8 Å². The first kappa shape index (κ1) is 10.8. The molecule has 0 heterocycles. The third kappa shape index (κ3) is 1.97. The van der Waals surface area contributed by atoms with Gasteiger partial charge in [0.2, 0.25) is 0 Å². The van der Waals surface area contributed by atoms with Crippen molar-refractivity contribution in [1.82, 2.24) is 0 Å². The molecule has 0 radical (unpaired) electrons. The molecule has 0 saturated carbocycles. The maximum absolute atomic E-state index is 10.8. The van der Waals surface area contributed by atoms with E-state index in [-0.39, 0.29) is 16.3 Å². The molecule has 0 fully saturated rings. The summed E-state index contributed by atoms with van der Waals surface area (Å²) < 4.78 is 31.3. The number of hydrogen-bond donors (Lipinski definition) is 1. The molecule has 2 N–H and O–H groups in total. The van der Waals surface area contributed by atoms with Crippen LogP contribution in [0.2, 0.25) is 0 Å². The zero-order chi connectivity index (χ0) is 10.7. The zero-order valence-electron chi connectivity index (χ0n) is 7.77. The molecule has 0 aliphatic heterocycles. The molecule has 0 aromatic heterocycles. The quantitative estimate of drug-likeness (QED) is 0.588. The molecule has 78 valence electrons. The maximum Gasteiger partial charge on any atom is 0.146 e. The molecule has 5 nitrogen and oxygen atoms in total. The van der Waals surface area contributed by atoms with E-state index >= 15 is 0 Å². The fraction of sp³-hybridized carbons (Fsp3) is 0.250.